The zero-order valence-corrected chi connectivity index (χ0v) is 20.6. The average molecular weight is 508 g/mol. The van der Waals surface area contributed by atoms with E-state index in [9.17, 15) is 14.0 Å². The van der Waals surface area contributed by atoms with Crippen molar-refractivity contribution < 1.29 is 18.7 Å². The second-order valence-corrected chi connectivity index (χ2v) is 8.46. The van der Waals surface area contributed by atoms with Gasteiger partial charge in [0.2, 0.25) is 5.91 Å². The van der Waals surface area contributed by atoms with Crippen molar-refractivity contribution in [2.75, 3.05) is 36.4 Å². The molecule has 6 nitrogen and oxygen atoms in total. The van der Waals surface area contributed by atoms with Gasteiger partial charge < -0.3 is 20.7 Å². The molecule has 2 atom stereocenters. The Kier molecular flexibility index (Phi) is 11.7. The molecular weight excluding hydrogens is 479 g/mol. The molecule has 0 saturated heterocycles. The molecule has 0 aliphatic rings. The summed E-state index contributed by atoms with van der Waals surface area (Å²) in [4.78, 5) is 27.2. The third-order valence-electron chi connectivity index (χ3n) is 5.22. The van der Waals surface area contributed by atoms with Crippen LogP contribution in [-0.4, -0.2) is 63.3 Å². The van der Waals surface area contributed by atoms with Gasteiger partial charge in [-0.25, -0.2) is 9.18 Å². The summed E-state index contributed by atoms with van der Waals surface area (Å²) in [5.74, 6) is -0.601. The third-order valence-corrected chi connectivity index (χ3v) is 5.56. The molecule has 182 valence electrons. The minimum atomic E-state index is -0.955. The van der Waals surface area contributed by atoms with Gasteiger partial charge in [0.05, 0.1) is 12.6 Å². The number of nitrogens with two attached hydrogens (primary N) is 1. The van der Waals surface area contributed by atoms with E-state index in [2.05, 4.69) is 5.32 Å². The van der Waals surface area contributed by atoms with Gasteiger partial charge in [0, 0.05) is 37.0 Å². The Labute approximate surface area is 211 Å². The molecule has 0 heterocycles. The number of anilines is 1. The molecule has 0 bridgehead atoms. The Hall–Kier alpha value is -2.29. The van der Waals surface area contributed by atoms with E-state index >= 15 is 0 Å². The lowest BCUT2D eigenvalue weighted by atomic mass is 9.87. The first-order chi connectivity index (χ1) is 16.3. The summed E-state index contributed by atoms with van der Waals surface area (Å²) in [5.41, 5.74) is 8.87. The summed E-state index contributed by atoms with van der Waals surface area (Å²) in [6, 6.07) is 9.28. The van der Waals surface area contributed by atoms with Gasteiger partial charge >= 0.3 is 5.97 Å². The summed E-state index contributed by atoms with van der Waals surface area (Å²) in [7, 11) is 6.22. The van der Waals surface area contributed by atoms with Crippen molar-refractivity contribution in [3.8, 4) is 0 Å². The van der Waals surface area contributed by atoms with Crippen LogP contribution < -0.4 is 21.4 Å². The van der Waals surface area contributed by atoms with Crippen molar-refractivity contribution in [1.29, 1.82) is 0 Å². The minimum Gasteiger partial charge on any atom is -0.464 e. The van der Waals surface area contributed by atoms with E-state index < -0.39 is 24.0 Å². The number of alkyl halides is 2. The third kappa shape index (κ3) is 8.49. The molecule has 0 fully saturated rings. The second kappa shape index (κ2) is 14.2. The van der Waals surface area contributed by atoms with Gasteiger partial charge in [0.25, 0.3) is 0 Å². The summed E-state index contributed by atoms with van der Waals surface area (Å²) >= 11 is 11.7. The second-order valence-electron chi connectivity index (χ2n) is 7.70. The van der Waals surface area contributed by atoms with Crippen molar-refractivity contribution >= 4 is 54.1 Å². The maximum Gasteiger partial charge on any atom is 0.328 e. The molecule has 0 aromatic heterocycles. The highest BCUT2D eigenvalue weighted by atomic mass is 35.5. The van der Waals surface area contributed by atoms with Crippen LogP contribution in [0.4, 0.5) is 10.1 Å². The summed E-state index contributed by atoms with van der Waals surface area (Å²) in [5, 5.41) is 2.66. The Morgan fingerprint density at radius 2 is 1.76 bits per heavy atom. The molecule has 2 aromatic rings. The van der Waals surface area contributed by atoms with Crippen molar-refractivity contribution in [2.45, 2.75) is 31.8 Å². The minimum absolute atomic E-state index is 0.144. The van der Waals surface area contributed by atoms with Crippen LogP contribution in [0.25, 0.3) is 0 Å². The highest BCUT2D eigenvalue weighted by molar-refractivity contribution is 6.33. The van der Waals surface area contributed by atoms with Crippen LogP contribution in [0.15, 0.2) is 42.5 Å². The maximum absolute atomic E-state index is 13.2. The van der Waals surface area contributed by atoms with Crippen LogP contribution in [0.1, 0.15) is 18.1 Å². The lowest BCUT2D eigenvalue weighted by Crippen LogP contribution is -2.50. The zero-order chi connectivity index (χ0) is 25.1. The average Bonchev–Trinajstić information content (AvgIpc) is 2.81. The fraction of sp³-hybridized carbons (Fsp3) is 0.417. The van der Waals surface area contributed by atoms with Crippen LogP contribution in [0.3, 0.4) is 0 Å². The van der Waals surface area contributed by atoms with E-state index in [0.717, 1.165) is 5.69 Å². The number of ether oxygens (including phenoxy) is 1. The van der Waals surface area contributed by atoms with Gasteiger partial charge in [-0.15, -0.1) is 23.2 Å². The molecule has 1 amide bonds. The molecule has 34 heavy (non-hydrogen) atoms. The van der Waals surface area contributed by atoms with Gasteiger partial charge in [-0.2, -0.15) is 0 Å². The van der Waals surface area contributed by atoms with E-state index in [1.54, 1.807) is 25.1 Å². The largest absolute Gasteiger partial charge is 0.464 e. The van der Waals surface area contributed by atoms with Gasteiger partial charge in [-0.1, -0.05) is 29.2 Å². The van der Waals surface area contributed by atoms with Crippen molar-refractivity contribution in [3.05, 3.63) is 59.4 Å². The fourth-order valence-corrected chi connectivity index (χ4v) is 3.85. The Bertz CT molecular complexity index is 944. The maximum atomic E-state index is 13.2. The molecule has 0 aliphatic heterocycles. The van der Waals surface area contributed by atoms with Crippen molar-refractivity contribution in [1.82, 2.24) is 5.32 Å². The SMILES string of the molecule is [B]c1cc(N(CCCl)CCCl)ccc1CC(N)C(=O)NC(Cc1ccc(F)cc1)C(=O)OCC. The summed E-state index contributed by atoms with van der Waals surface area (Å²) < 4.78 is 18.3. The number of benzene rings is 2. The monoisotopic (exact) mass is 507 g/mol. The van der Waals surface area contributed by atoms with Gasteiger partial charge in [-0.3, -0.25) is 4.79 Å². The summed E-state index contributed by atoms with van der Waals surface area (Å²) in [6.45, 7) is 3.08. The molecule has 0 aliphatic carbocycles. The predicted octanol–water partition coefficient (Wildman–Crippen LogP) is 2.06. The molecule has 2 aromatic carbocycles. The molecule has 2 radical (unpaired) electrons. The molecule has 2 unspecified atom stereocenters. The fourth-order valence-electron chi connectivity index (χ4n) is 3.44. The van der Waals surface area contributed by atoms with Gasteiger partial charge in [0.1, 0.15) is 19.7 Å². The number of halogens is 3. The molecule has 3 N–H and O–H groups in total. The zero-order valence-electron chi connectivity index (χ0n) is 19.1. The topological polar surface area (TPSA) is 84.7 Å². The van der Waals surface area contributed by atoms with Crippen LogP contribution in [0, 0.1) is 5.82 Å². The molecule has 2 rings (SSSR count). The first-order valence-electron chi connectivity index (χ1n) is 11.0. The first kappa shape index (κ1) is 28.0. The predicted molar refractivity (Wildman–Crippen MR) is 136 cm³/mol. The van der Waals surface area contributed by atoms with Gasteiger partial charge in [-0.05, 0) is 43.2 Å². The van der Waals surface area contributed by atoms with Crippen LogP contribution in [0.2, 0.25) is 0 Å². The first-order valence-corrected chi connectivity index (χ1v) is 12.1. The van der Waals surface area contributed by atoms with E-state index in [4.69, 9.17) is 41.5 Å². The molecule has 10 heteroatoms. The highest BCUT2D eigenvalue weighted by Gasteiger charge is 2.25. The number of nitrogens with zero attached hydrogens (tertiary/aromatic N) is 1. The smallest absolute Gasteiger partial charge is 0.328 e. The Balaban J connectivity index is 2.08. The number of carbonyl (C=O) groups is 2. The van der Waals surface area contributed by atoms with E-state index in [1.165, 1.54) is 12.1 Å². The van der Waals surface area contributed by atoms with Gasteiger partial charge in [0.15, 0.2) is 0 Å². The van der Waals surface area contributed by atoms with Crippen LogP contribution >= 0.6 is 23.2 Å². The van der Waals surface area contributed by atoms with Crippen LogP contribution in [0.5, 0.6) is 0 Å². The normalized spacial score (nSPS) is 12.6. The Morgan fingerprint density at radius 3 is 2.32 bits per heavy atom. The number of esters is 1. The lowest BCUT2D eigenvalue weighted by molar-refractivity contribution is -0.147. The summed E-state index contributed by atoms with van der Waals surface area (Å²) in [6.07, 6.45) is 0.320. The molecule has 0 saturated carbocycles. The van der Waals surface area contributed by atoms with Crippen LogP contribution in [-0.2, 0) is 27.2 Å². The number of carbonyl (C=O) groups excluding carboxylic acids is 2. The number of rotatable bonds is 13. The van der Waals surface area contributed by atoms with Crippen molar-refractivity contribution in [2.24, 2.45) is 5.73 Å². The lowest BCUT2D eigenvalue weighted by Gasteiger charge is -2.24. The standard InChI is InChI=1S/C24H29BCl2FN3O3/c1-2-34-24(33)22(13-16-3-6-18(28)7-4-16)30-23(32)21(29)14-17-5-8-19(15-20(17)25)31(11-9-26)12-10-27/h3-8,15,21-22H,2,9-14,29H2,1H3,(H,30,32). The molecular formula is C24H29BCl2FN3O3. The number of hydrogen-bond donors (Lipinski definition) is 2. The van der Waals surface area contributed by atoms with E-state index in [1.807, 2.05) is 17.0 Å². The Morgan fingerprint density at radius 1 is 1.12 bits per heavy atom. The quantitative estimate of drug-likeness (QED) is 0.246. The van der Waals surface area contributed by atoms with E-state index in [-0.39, 0.29) is 25.3 Å². The number of nitrogens with one attached hydrogen (secondary N) is 1. The highest BCUT2D eigenvalue weighted by Crippen LogP contribution is 2.15. The van der Waals surface area contributed by atoms with Crippen molar-refractivity contribution in [3.63, 3.8) is 0 Å². The van der Waals surface area contributed by atoms with E-state index in [0.29, 0.717) is 41.4 Å². The number of amides is 1. The number of hydrogen-bond acceptors (Lipinski definition) is 5. The molecule has 0 spiro atoms.